The Labute approximate surface area is 166 Å². The van der Waals surface area contributed by atoms with Gasteiger partial charge in [-0.05, 0) is 42.3 Å². The molecule has 0 fully saturated rings. The number of hydrogen-bond donors (Lipinski definition) is 2. The Kier molecular flexibility index (Phi) is 7.64. The molecule has 27 heavy (non-hydrogen) atoms. The van der Waals surface area contributed by atoms with E-state index in [0.29, 0.717) is 10.7 Å². The molecule has 2 rings (SSSR count). The van der Waals surface area contributed by atoms with Crippen molar-refractivity contribution in [3.63, 3.8) is 0 Å². The average molecular weight is 409 g/mol. The number of halogens is 2. The van der Waals surface area contributed by atoms with Gasteiger partial charge in [0.1, 0.15) is 6.54 Å². The Balaban J connectivity index is 1.74. The molecule has 8 heteroatoms. The number of esters is 1. The summed E-state index contributed by atoms with van der Waals surface area (Å²) >= 11 is 11.6. The standard InChI is InChI=1S/C19H18Cl2N2O4/c1-2-12-3-6-14(7-4-12)23-17(24)11-27-18(25)10-22-19(26)13-5-8-15(20)16(21)9-13/h3-9H,2,10-11H2,1H3,(H,22,26)(H,23,24). The Morgan fingerprint density at radius 1 is 1.00 bits per heavy atom. The summed E-state index contributed by atoms with van der Waals surface area (Å²) in [5, 5.41) is 5.56. The molecule has 0 unspecified atom stereocenters. The molecule has 0 spiro atoms. The van der Waals surface area contributed by atoms with Crippen LogP contribution in [0.25, 0.3) is 0 Å². The first-order chi connectivity index (χ1) is 12.9. The predicted molar refractivity (Wildman–Crippen MR) is 104 cm³/mol. The summed E-state index contributed by atoms with van der Waals surface area (Å²) in [6, 6.07) is 11.7. The lowest BCUT2D eigenvalue weighted by atomic mass is 10.1. The Morgan fingerprint density at radius 3 is 2.33 bits per heavy atom. The quantitative estimate of drug-likeness (QED) is 0.686. The molecule has 0 aliphatic heterocycles. The minimum atomic E-state index is -0.736. The molecule has 0 aliphatic carbocycles. The minimum absolute atomic E-state index is 0.232. The fourth-order valence-corrected chi connectivity index (χ4v) is 2.41. The number of anilines is 1. The van der Waals surface area contributed by atoms with Gasteiger partial charge in [0.05, 0.1) is 10.0 Å². The van der Waals surface area contributed by atoms with Gasteiger partial charge in [0.2, 0.25) is 0 Å². The highest BCUT2D eigenvalue weighted by Crippen LogP contribution is 2.22. The van der Waals surface area contributed by atoms with Crippen molar-refractivity contribution in [3.8, 4) is 0 Å². The second-order valence-electron chi connectivity index (χ2n) is 5.57. The number of carbonyl (C=O) groups excluding carboxylic acids is 3. The van der Waals surface area contributed by atoms with E-state index in [9.17, 15) is 14.4 Å². The number of carbonyl (C=O) groups is 3. The van der Waals surface area contributed by atoms with Crippen LogP contribution in [-0.4, -0.2) is 30.9 Å². The lowest BCUT2D eigenvalue weighted by Crippen LogP contribution is -2.32. The van der Waals surface area contributed by atoms with Gasteiger partial charge in [-0.3, -0.25) is 14.4 Å². The van der Waals surface area contributed by atoms with E-state index in [4.69, 9.17) is 27.9 Å². The predicted octanol–water partition coefficient (Wildman–Crippen LogP) is 3.47. The second kappa shape index (κ2) is 9.94. The molecular formula is C19H18Cl2N2O4. The van der Waals surface area contributed by atoms with Crippen molar-refractivity contribution in [2.75, 3.05) is 18.5 Å². The van der Waals surface area contributed by atoms with Crippen LogP contribution in [0.4, 0.5) is 5.69 Å². The van der Waals surface area contributed by atoms with Crippen molar-refractivity contribution in [2.24, 2.45) is 0 Å². The summed E-state index contributed by atoms with van der Waals surface area (Å²) < 4.78 is 4.84. The molecule has 0 saturated heterocycles. The normalized spacial score (nSPS) is 10.2. The SMILES string of the molecule is CCc1ccc(NC(=O)COC(=O)CNC(=O)c2ccc(Cl)c(Cl)c2)cc1. The first-order valence-electron chi connectivity index (χ1n) is 8.16. The summed E-state index contributed by atoms with van der Waals surface area (Å²) in [7, 11) is 0. The summed E-state index contributed by atoms with van der Waals surface area (Å²) in [5.74, 6) is -1.71. The summed E-state index contributed by atoms with van der Waals surface area (Å²) in [6.45, 7) is 1.21. The molecule has 6 nitrogen and oxygen atoms in total. The van der Waals surface area contributed by atoms with Gasteiger partial charge in [0.15, 0.2) is 6.61 Å². The fourth-order valence-electron chi connectivity index (χ4n) is 2.11. The second-order valence-corrected chi connectivity index (χ2v) is 6.39. The van der Waals surface area contributed by atoms with Gasteiger partial charge >= 0.3 is 5.97 Å². The van der Waals surface area contributed by atoms with Crippen molar-refractivity contribution < 1.29 is 19.1 Å². The molecule has 0 radical (unpaired) electrons. The average Bonchev–Trinajstić information content (AvgIpc) is 2.67. The zero-order chi connectivity index (χ0) is 19.8. The largest absolute Gasteiger partial charge is 0.454 e. The van der Waals surface area contributed by atoms with Crippen molar-refractivity contribution in [3.05, 3.63) is 63.6 Å². The van der Waals surface area contributed by atoms with Gasteiger partial charge in [-0.25, -0.2) is 0 Å². The van der Waals surface area contributed by atoms with E-state index in [-0.39, 0.29) is 17.1 Å². The maximum atomic E-state index is 11.9. The van der Waals surface area contributed by atoms with E-state index >= 15 is 0 Å². The zero-order valence-corrected chi connectivity index (χ0v) is 16.1. The van der Waals surface area contributed by atoms with Crippen LogP contribution in [0.3, 0.4) is 0 Å². The third-order valence-electron chi connectivity index (χ3n) is 3.59. The van der Waals surface area contributed by atoms with Gasteiger partial charge in [0, 0.05) is 11.3 Å². The topological polar surface area (TPSA) is 84.5 Å². The first-order valence-corrected chi connectivity index (χ1v) is 8.92. The highest BCUT2D eigenvalue weighted by Gasteiger charge is 2.12. The van der Waals surface area contributed by atoms with E-state index < -0.39 is 24.4 Å². The lowest BCUT2D eigenvalue weighted by molar-refractivity contribution is -0.146. The van der Waals surface area contributed by atoms with Crippen LogP contribution in [0.2, 0.25) is 10.0 Å². The summed E-state index contributed by atoms with van der Waals surface area (Å²) in [4.78, 5) is 35.4. The third-order valence-corrected chi connectivity index (χ3v) is 4.32. The molecule has 0 bridgehead atoms. The van der Waals surface area contributed by atoms with Crippen LogP contribution in [-0.2, 0) is 20.7 Å². The Bertz CT molecular complexity index is 838. The van der Waals surface area contributed by atoms with Gasteiger partial charge in [-0.1, -0.05) is 42.3 Å². The van der Waals surface area contributed by atoms with Crippen LogP contribution in [0.5, 0.6) is 0 Å². The van der Waals surface area contributed by atoms with E-state index in [1.807, 2.05) is 19.1 Å². The molecule has 2 aromatic rings. The highest BCUT2D eigenvalue weighted by molar-refractivity contribution is 6.42. The van der Waals surface area contributed by atoms with Gasteiger partial charge < -0.3 is 15.4 Å². The van der Waals surface area contributed by atoms with Crippen LogP contribution in [0.15, 0.2) is 42.5 Å². The molecule has 0 saturated carbocycles. The number of nitrogens with one attached hydrogen (secondary N) is 2. The zero-order valence-electron chi connectivity index (χ0n) is 14.6. The first kappa shape index (κ1) is 20.7. The molecule has 0 heterocycles. The number of amides is 2. The molecule has 2 amide bonds. The van der Waals surface area contributed by atoms with Crippen LogP contribution in [0, 0.1) is 0 Å². The molecule has 0 aromatic heterocycles. The van der Waals surface area contributed by atoms with Crippen molar-refractivity contribution in [2.45, 2.75) is 13.3 Å². The molecule has 0 aliphatic rings. The van der Waals surface area contributed by atoms with Gasteiger partial charge in [-0.15, -0.1) is 0 Å². The minimum Gasteiger partial charge on any atom is -0.454 e. The van der Waals surface area contributed by atoms with Crippen LogP contribution >= 0.6 is 23.2 Å². The van der Waals surface area contributed by atoms with E-state index in [0.717, 1.165) is 12.0 Å². The lowest BCUT2D eigenvalue weighted by Gasteiger charge is -2.08. The number of benzene rings is 2. The van der Waals surface area contributed by atoms with Crippen molar-refractivity contribution in [1.29, 1.82) is 0 Å². The monoisotopic (exact) mass is 408 g/mol. The fraction of sp³-hybridized carbons (Fsp3) is 0.211. The Morgan fingerprint density at radius 2 is 1.70 bits per heavy atom. The van der Waals surface area contributed by atoms with Crippen molar-refractivity contribution >= 4 is 46.7 Å². The molecule has 0 atom stereocenters. The van der Waals surface area contributed by atoms with E-state index in [1.54, 1.807) is 12.1 Å². The molecule has 2 N–H and O–H groups in total. The van der Waals surface area contributed by atoms with E-state index in [2.05, 4.69) is 10.6 Å². The molecule has 2 aromatic carbocycles. The number of aryl methyl sites for hydroxylation is 1. The number of ether oxygens (including phenoxy) is 1. The van der Waals surface area contributed by atoms with Gasteiger partial charge in [0.25, 0.3) is 11.8 Å². The summed E-state index contributed by atoms with van der Waals surface area (Å²) in [5.41, 5.74) is 2.02. The maximum Gasteiger partial charge on any atom is 0.325 e. The Hall–Kier alpha value is -2.57. The van der Waals surface area contributed by atoms with E-state index in [1.165, 1.54) is 18.2 Å². The summed E-state index contributed by atoms with van der Waals surface area (Å²) in [6.07, 6.45) is 0.903. The number of rotatable bonds is 7. The molecular weight excluding hydrogens is 391 g/mol. The van der Waals surface area contributed by atoms with Crippen molar-refractivity contribution in [1.82, 2.24) is 5.32 Å². The highest BCUT2D eigenvalue weighted by atomic mass is 35.5. The van der Waals surface area contributed by atoms with Crippen LogP contribution < -0.4 is 10.6 Å². The maximum absolute atomic E-state index is 11.9. The van der Waals surface area contributed by atoms with Gasteiger partial charge in [-0.2, -0.15) is 0 Å². The smallest absolute Gasteiger partial charge is 0.325 e. The van der Waals surface area contributed by atoms with Crippen LogP contribution in [0.1, 0.15) is 22.8 Å². The number of hydrogen-bond acceptors (Lipinski definition) is 4. The molecule has 142 valence electrons. The third kappa shape index (κ3) is 6.58.